The van der Waals surface area contributed by atoms with Crippen LogP contribution < -0.4 is 5.32 Å². The summed E-state index contributed by atoms with van der Waals surface area (Å²) in [5.41, 5.74) is 3.61. The molecule has 1 amide bonds. The molecule has 0 bridgehead atoms. The van der Waals surface area contributed by atoms with Gasteiger partial charge in [0.2, 0.25) is 0 Å². The van der Waals surface area contributed by atoms with Gasteiger partial charge in [-0.2, -0.15) is 0 Å². The Morgan fingerprint density at radius 1 is 1.14 bits per heavy atom. The highest BCUT2D eigenvalue weighted by molar-refractivity contribution is 7.16. The number of hydrogen-bond acceptors (Lipinski definition) is 4. The Morgan fingerprint density at radius 2 is 1.86 bits per heavy atom. The first-order valence-electron chi connectivity index (χ1n) is 9.99. The number of benzene rings is 1. The number of hydrogen-bond donors (Lipinski definition) is 1. The van der Waals surface area contributed by atoms with E-state index in [1.54, 1.807) is 23.5 Å². The first kappa shape index (κ1) is 20.2. The minimum Gasteiger partial charge on any atom is -0.459 e. The fourth-order valence-electron chi connectivity index (χ4n) is 4.02. The number of carbonyl (C=O) groups excluding carboxylic acids is 1. The maximum Gasteiger partial charge on any atom is 0.291 e. The molecule has 0 radical (unpaired) electrons. The van der Waals surface area contributed by atoms with Gasteiger partial charge in [-0.15, -0.1) is 11.3 Å². The van der Waals surface area contributed by atoms with E-state index >= 15 is 0 Å². The lowest BCUT2D eigenvalue weighted by Gasteiger charge is -2.36. The molecule has 1 atom stereocenters. The van der Waals surface area contributed by atoms with E-state index in [1.807, 2.05) is 12.1 Å². The van der Waals surface area contributed by atoms with Gasteiger partial charge < -0.3 is 9.73 Å². The number of thiophene rings is 1. The molecule has 152 valence electrons. The summed E-state index contributed by atoms with van der Waals surface area (Å²) >= 11 is 7.79. The van der Waals surface area contributed by atoms with Crippen LogP contribution >= 0.6 is 22.9 Å². The lowest BCUT2D eigenvalue weighted by Crippen LogP contribution is -2.35. The van der Waals surface area contributed by atoms with Crippen LogP contribution in [0.2, 0.25) is 5.02 Å². The van der Waals surface area contributed by atoms with E-state index in [1.165, 1.54) is 47.1 Å². The number of piperidine rings is 1. The minimum absolute atomic E-state index is 0.0874. The molecule has 1 aliphatic heterocycles. The third-order valence-electron chi connectivity index (χ3n) is 5.62. The molecule has 0 aliphatic carbocycles. The van der Waals surface area contributed by atoms with Crippen LogP contribution in [0.5, 0.6) is 0 Å². The molecule has 0 spiro atoms. The quantitative estimate of drug-likeness (QED) is 0.508. The summed E-state index contributed by atoms with van der Waals surface area (Å²) < 4.78 is 5.29. The normalized spacial score (nSPS) is 16.0. The summed E-state index contributed by atoms with van der Waals surface area (Å²) in [5, 5.41) is 4.74. The van der Waals surface area contributed by atoms with E-state index in [0.29, 0.717) is 5.76 Å². The second kappa shape index (κ2) is 8.74. The smallest absolute Gasteiger partial charge is 0.291 e. The third-order valence-corrected chi connectivity index (χ3v) is 7.01. The molecule has 4 rings (SSSR count). The van der Waals surface area contributed by atoms with Crippen molar-refractivity contribution < 1.29 is 9.21 Å². The Morgan fingerprint density at radius 3 is 2.52 bits per heavy atom. The lowest BCUT2D eigenvalue weighted by atomic mass is 9.93. The van der Waals surface area contributed by atoms with Gasteiger partial charge in [-0.25, -0.2) is 0 Å². The fourth-order valence-corrected chi connectivity index (χ4v) is 5.23. The highest BCUT2D eigenvalue weighted by atomic mass is 35.5. The van der Waals surface area contributed by atoms with Crippen molar-refractivity contribution in [2.75, 3.05) is 18.4 Å². The van der Waals surface area contributed by atoms with Crippen LogP contribution in [0.3, 0.4) is 0 Å². The number of nitrogens with zero attached hydrogens (tertiary/aromatic N) is 1. The first-order chi connectivity index (χ1) is 14.0. The number of carbonyl (C=O) groups is 1. The summed E-state index contributed by atoms with van der Waals surface area (Å²) in [6.07, 6.45) is 5.18. The van der Waals surface area contributed by atoms with Crippen LogP contribution in [-0.4, -0.2) is 23.9 Å². The van der Waals surface area contributed by atoms with Gasteiger partial charge >= 0.3 is 0 Å². The molecule has 1 saturated heterocycles. The zero-order valence-electron chi connectivity index (χ0n) is 16.7. The van der Waals surface area contributed by atoms with Crippen molar-refractivity contribution in [1.29, 1.82) is 0 Å². The van der Waals surface area contributed by atoms with Gasteiger partial charge in [0.05, 0.1) is 12.3 Å². The molecule has 3 heterocycles. The van der Waals surface area contributed by atoms with Crippen LogP contribution in [-0.2, 0) is 0 Å². The minimum atomic E-state index is -0.217. The van der Waals surface area contributed by atoms with E-state index < -0.39 is 0 Å². The SMILES string of the molecule is Cc1sc(NC(=O)c2ccco2)c(C(c2ccc(Cl)cc2)N2CCCCC2)c1C. The van der Waals surface area contributed by atoms with Crippen molar-refractivity contribution in [3.8, 4) is 0 Å². The van der Waals surface area contributed by atoms with Crippen LogP contribution in [0.15, 0.2) is 47.1 Å². The van der Waals surface area contributed by atoms with E-state index in [-0.39, 0.29) is 11.9 Å². The predicted octanol–water partition coefficient (Wildman–Crippen LogP) is 6.44. The number of aryl methyl sites for hydroxylation is 1. The van der Waals surface area contributed by atoms with Gasteiger partial charge in [-0.05, 0) is 75.2 Å². The van der Waals surface area contributed by atoms with Gasteiger partial charge in [0.15, 0.2) is 5.76 Å². The third kappa shape index (κ3) is 4.27. The van der Waals surface area contributed by atoms with Crippen LogP contribution in [0.4, 0.5) is 5.00 Å². The number of halogens is 1. The van der Waals surface area contributed by atoms with Gasteiger partial charge in [0.1, 0.15) is 5.00 Å². The van der Waals surface area contributed by atoms with E-state index in [9.17, 15) is 4.79 Å². The molecule has 29 heavy (non-hydrogen) atoms. The molecule has 6 heteroatoms. The number of furan rings is 1. The number of rotatable bonds is 5. The van der Waals surface area contributed by atoms with Crippen molar-refractivity contribution in [2.24, 2.45) is 0 Å². The second-order valence-corrected chi connectivity index (χ2v) is 9.17. The Labute approximate surface area is 180 Å². The molecule has 1 fully saturated rings. The van der Waals surface area contributed by atoms with Crippen LogP contribution in [0.25, 0.3) is 0 Å². The van der Waals surface area contributed by atoms with Crippen LogP contribution in [0, 0.1) is 13.8 Å². The first-order valence-corrected chi connectivity index (χ1v) is 11.2. The summed E-state index contributed by atoms with van der Waals surface area (Å²) in [4.78, 5) is 16.4. The van der Waals surface area contributed by atoms with Gasteiger partial charge in [0.25, 0.3) is 5.91 Å². The maximum atomic E-state index is 12.7. The molecule has 1 aliphatic rings. The summed E-state index contributed by atoms with van der Waals surface area (Å²) in [6, 6.07) is 11.6. The molecule has 1 unspecified atom stereocenters. The van der Waals surface area contributed by atoms with Crippen LogP contribution in [0.1, 0.15) is 57.4 Å². The molecule has 0 saturated carbocycles. The Kier molecular flexibility index (Phi) is 6.09. The predicted molar refractivity (Wildman–Crippen MR) is 119 cm³/mol. The van der Waals surface area contributed by atoms with Gasteiger partial charge in [-0.3, -0.25) is 9.69 Å². The zero-order chi connectivity index (χ0) is 20.4. The summed E-state index contributed by atoms with van der Waals surface area (Å²) in [5.74, 6) is 0.103. The number of amides is 1. The van der Waals surface area contributed by atoms with E-state index in [4.69, 9.17) is 16.0 Å². The summed E-state index contributed by atoms with van der Waals surface area (Å²) in [6.45, 7) is 6.36. The standard InChI is InChI=1S/C23H25ClN2O2S/c1-15-16(2)29-23(25-22(27)19-7-6-14-28-19)20(15)21(26-12-4-3-5-13-26)17-8-10-18(24)11-9-17/h6-11,14,21H,3-5,12-13H2,1-2H3,(H,25,27). The maximum absolute atomic E-state index is 12.7. The Bertz CT molecular complexity index is 973. The van der Waals surface area contributed by atoms with Crippen molar-refractivity contribution in [3.05, 3.63) is 75.0 Å². The highest BCUT2D eigenvalue weighted by Crippen LogP contribution is 2.43. The molecular weight excluding hydrogens is 404 g/mol. The number of nitrogens with one attached hydrogen (secondary N) is 1. The molecule has 4 nitrogen and oxygen atoms in total. The fraction of sp³-hybridized carbons (Fsp3) is 0.348. The zero-order valence-corrected chi connectivity index (χ0v) is 18.3. The van der Waals surface area contributed by atoms with Crippen molar-refractivity contribution in [3.63, 3.8) is 0 Å². The van der Waals surface area contributed by atoms with Gasteiger partial charge in [-0.1, -0.05) is 30.2 Å². The Hall–Kier alpha value is -2.08. The average Bonchev–Trinajstić information content (AvgIpc) is 3.35. The van der Waals surface area contributed by atoms with Crippen molar-refractivity contribution in [1.82, 2.24) is 4.90 Å². The Balaban J connectivity index is 1.77. The van der Waals surface area contributed by atoms with E-state index in [0.717, 1.165) is 23.1 Å². The molecular formula is C23H25ClN2O2S. The van der Waals surface area contributed by atoms with Gasteiger partial charge in [0, 0.05) is 15.5 Å². The van der Waals surface area contributed by atoms with E-state index in [2.05, 4.69) is 36.2 Å². The molecule has 2 aromatic heterocycles. The largest absolute Gasteiger partial charge is 0.459 e. The lowest BCUT2D eigenvalue weighted by molar-refractivity contribution is 0.0996. The second-order valence-electron chi connectivity index (χ2n) is 7.51. The molecule has 1 aromatic carbocycles. The molecule has 1 N–H and O–H groups in total. The monoisotopic (exact) mass is 428 g/mol. The topological polar surface area (TPSA) is 45.5 Å². The van der Waals surface area contributed by atoms with Crippen molar-refractivity contribution in [2.45, 2.75) is 39.2 Å². The van der Waals surface area contributed by atoms with Crippen molar-refractivity contribution >= 4 is 33.8 Å². The number of likely N-dealkylation sites (tertiary alicyclic amines) is 1. The highest BCUT2D eigenvalue weighted by Gasteiger charge is 2.30. The summed E-state index contributed by atoms with van der Waals surface area (Å²) in [7, 11) is 0. The number of anilines is 1. The average molecular weight is 429 g/mol. The molecule has 3 aromatic rings.